The van der Waals surface area contributed by atoms with Crippen molar-refractivity contribution in [2.24, 2.45) is 0 Å². The molecule has 2 aliphatic rings. The molecule has 2 fully saturated rings. The molecule has 1 aromatic rings. The van der Waals surface area contributed by atoms with E-state index in [1.165, 1.54) is 24.8 Å². The summed E-state index contributed by atoms with van der Waals surface area (Å²) < 4.78 is 5.74. The first kappa shape index (κ1) is 15.0. The van der Waals surface area contributed by atoms with Gasteiger partial charge in [-0.1, -0.05) is 37.3 Å². The number of nitrogens with zero attached hydrogens (tertiary/aromatic N) is 1. The number of hydrogen-bond donors (Lipinski definition) is 1. The summed E-state index contributed by atoms with van der Waals surface area (Å²) in [6.45, 7) is 7.67. The second kappa shape index (κ2) is 6.91. The fraction of sp³-hybridized carbons (Fsp3) is 0.667. The Balaban J connectivity index is 1.72. The fourth-order valence-electron chi connectivity index (χ4n) is 3.83. The molecule has 2 saturated heterocycles. The van der Waals surface area contributed by atoms with Gasteiger partial charge in [-0.3, -0.25) is 4.90 Å². The molecule has 116 valence electrons. The second-order valence-corrected chi connectivity index (χ2v) is 6.49. The first-order valence-corrected chi connectivity index (χ1v) is 8.43. The van der Waals surface area contributed by atoms with Gasteiger partial charge in [-0.25, -0.2) is 0 Å². The molecule has 2 heterocycles. The van der Waals surface area contributed by atoms with Gasteiger partial charge >= 0.3 is 0 Å². The Hall–Kier alpha value is -0.900. The fourth-order valence-corrected chi connectivity index (χ4v) is 3.83. The maximum absolute atomic E-state index is 5.74. The van der Waals surface area contributed by atoms with E-state index in [0.717, 1.165) is 19.7 Å². The number of rotatable bonds is 3. The van der Waals surface area contributed by atoms with Crippen molar-refractivity contribution in [3.63, 3.8) is 0 Å². The molecule has 0 radical (unpaired) electrons. The van der Waals surface area contributed by atoms with E-state index >= 15 is 0 Å². The maximum Gasteiger partial charge on any atom is 0.0561 e. The highest BCUT2D eigenvalue weighted by molar-refractivity contribution is 5.20. The van der Waals surface area contributed by atoms with Gasteiger partial charge in [-0.15, -0.1) is 0 Å². The van der Waals surface area contributed by atoms with Crippen molar-refractivity contribution in [1.29, 1.82) is 0 Å². The molecule has 4 atom stereocenters. The third kappa shape index (κ3) is 3.47. The molecule has 21 heavy (non-hydrogen) atoms. The van der Waals surface area contributed by atoms with Crippen LogP contribution in [-0.2, 0) is 4.74 Å². The van der Waals surface area contributed by atoms with Crippen molar-refractivity contribution < 1.29 is 4.74 Å². The van der Waals surface area contributed by atoms with Crippen LogP contribution in [0, 0.1) is 0 Å². The first-order valence-electron chi connectivity index (χ1n) is 8.43. The minimum absolute atomic E-state index is 0.409. The average Bonchev–Trinajstić information content (AvgIpc) is 2.55. The average molecular weight is 288 g/mol. The van der Waals surface area contributed by atoms with Crippen LogP contribution < -0.4 is 5.32 Å². The van der Waals surface area contributed by atoms with Gasteiger partial charge in [0.1, 0.15) is 0 Å². The molecule has 1 aromatic carbocycles. The topological polar surface area (TPSA) is 24.5 Å². The van der Waals surface area contributed by atoms with Crippen LogP contribution in [-0.4, -0.2) is 42.8 Å². The van der Waals surface area contributed by atoms with E-state index in [1.807, 2.05) is 0 Å². The van der Waals surface area contributed by atoms with E-state index in [-0.39, 0.29) is 0 Å². The van der Waals surface area contributed by atoms with Crippen LogP contribution in [0.4, 0.5) is 0 Å². The van der Waals surface area contributed by atoms with Crippen molar-refractivity contribution in [3.8, 4) is 0 Å². The number of ether oxygens (including phenoxy) is 1. The summed E-state index contributed by atoms with van der Waals surface area (Å²) in [5.74, 6) is 0. The SMILES string of the molecule is CCC1CNC(c2ccccc2)CN1C1CCOC(C)C1. The van der Waals surface area contributed by atoms with Crippen molar-refractivity contribution in [2.75, 3.05) is 19.7 Å². The lowest BCUT2D eigenvalue weighted by molar-refractivity contribution is -0.0384. The Morgan fingerprint density at radius 1 is 1.29 bits per heavy atom. The molecule has 4 unspecified atom stereocenters. The van der Waals surface area contributed by atoms with Gasteiger partial charge in [0, 0.05) is 37.8 Å². The summed E-state index contributed by atoms with van der Waals surface area (Å²) >= 11 is 0. The lowest BCUT2D eigenvalue weighted by atomic mass is 9.94. The zero-order valence-corrected chi connectivity index (χ0v) is 13.3. The molecule has 0 amide bonds. The summed E-state index contributed by atoms with van der Waals surface area (Å²) in [5.41, 5.74) is 1.41. The Morgan fingerprint density at radius 2 is 2.10 bits per heavy atom. The Bertz CT molecular complexity index is 436. The van der Waals surface area contributed by atoms with Crippen molar-refractivity contribution in [2.45, 2.75) is 57.3 Å². The van der Waals surface area contributed by atoms with E-state index < -0.39 is 0 Å². The lowest BCUT2D eigenvalue weighted by Gasteiger charge is -2.46. The predicted octanol–water partition coefficient (Wildman–Crippen LogP) is 2.98. The lowest BCUT2D eigenvalue weighted by Crippen LogP contribution is -2.57. The van der Waals surface area contributed by atoms with Gasteiger partial charge in [0.2, 0.25) is 0 Å². The number of nitrogens with one attached hydrogen (secondary N) is 1. The third-order valence-corrected chi connectivity index (χ3v) is 5.06. The molecule has 0 aliphatic carbocycles. The van der Waals surface area contributed by atoms with Gasteiger partial charge in [0.25, 0.3) is 0 Å². The smallest absolute Gasteiger partial charge is 0.0561 e. The predicted molar refractivity (Wildman–Crippen MR) is 86.4 cm³/mol. The molecule has 0 bridgehead atoms. The number of hydrogen-bond acceptors (Lipinski definition) is 3. The zero-order valence-electron chi connectivity index (χ0n) is 13.3. The Kier molecular flexibility index (Phi) is 4.94. The van der Waals surface area contributed by atoms with Gasteiger partial charge < -0.3 is 10.1 Å². The maximum atomic E-state index is 5.74. The highest BCUT2D eigenvalue weighted by Crippen LogP contribution is 2.28. The zero-order chi connectivity index (χ0) is 14.7. The summed E-state index contributed by atoms with van der Waals surface area (Å²) in [4.78, 5) is 2.76. The minimum atomic E-state index is 0.409. The molecule has 2 aliphatic heterocycles. The monoisotopic (exact) mass is 288 g/mol. The van der Waals surface area contributed by atoms with Crippen LogP contribution in [0.5, 0.6) is 0 Å². The van der Waals surface area contributed by atoms with E-state index in [0.29, 0.717) is 24.2 Å². The van der Waals surface area contributed by atoms with Crippen molar-refractivity contribution >= 4 is 0 Å². The van der Waals surface area contributed by atoms with E-state index in [9.17, 15) is 0 Å². The summed E-state index contributed by atoms with van der Waals surface area (Å²) in [7, 11) is 0. The normalized spacial score (nSPS) is 34.8. The van der Waals surface area contributed by atoms with Crippen LogP contribution in [0.2, 0.25) is 0 Å². The van der Waals surface area contributed by atoms with Crippen LogP contribution >= 0.6 is 0 Å². The van der Waals surface area contributed by atoms with Crippen LogP contribution in [0.25, 0.3) is 0 Å². The molecule has 3 nitrogen and oxygen atoms in total. The molecule has 0 saturated carbocycles. The molecular formula is C18H28N2O. The van der Waals surface area contributed by atoms with E-state index in [1.54, 1.807) is 0 Å². The molecule has 0 spiro atoms. The first-order chi connectivity index (χ1) is 10.3. The Labute approximate surface area is 128 Å². The number of piperazine rings is 1. The quantitative estimate of drug-likeness (QED) is 0.925. The van der Waals surface area contributed by atoms with Gasteiger partial charge in [0.15, 0.2) is 0 Å². The van der Waals surface area contributed by atoms with Crippen molar-refractivity contribution in [3.05, 3.63) is 35.9 Å². The number of benzene rings is 1. The van der Waals surface area contributed by atoms with Crippen LogP contribution in [0.3, 0.4) is 0 Å². The highest BCUT2D eigenvalue weighted by atomic mass is 16.5. The molecule has 1 N–H and O–H groups in total. The standard InChI is InChI=1S/C18H28N2O/c1-3-16-12-19-18(15-7-5-4-6-8-15)13-20(16)17-9-10-21-14(2)11-17/h4-8,14,16-19H,3,9-13H2,1-2H3. The third-order valence-electron chi connectivity index (χ3n) is 5.06. The van der Waals surface area contributed by atoms with Gasteiger partial charge in [-0.05, 0) is 31.7 Å². The van der Waals surface area contributed by atoms with Crippen LogP contribution in [0.15, 0.2) is 30.3 Å². The highest BCUT2D eigenvalue weighted by Gasteiger charge is 2.34. The van der Waals surface area contributed by atoms with E-state index in [4.69, 9.17) is 4.74 Å². The Morgan fingerprint density at radius 3 is 2.81 bits per heavy atom. The summed E-state index contributed by atoms with van der Waals surface area (Å²) in [6, 6.07) is 12.7. The minimum Gasteiger partial charge on any atom is -0.378 e. The molecule has 0 aromatic heterocycles. The van der Waals surface area contributed by atoms with E-state index in [2.05, 4.69) is 54.4 Å². The van der Waals surface area contributed by atoms with Crippen LogP contribution in [0.1, 0.15) is 44.7 Å². The van der Waals surface area contributed by atoms with Gasteiger partial charge in [0.05, 0.1) is 6.10 Å². The molecule has 3 rings (SSSR count). The molecule has 3 heteroatoms. The van der Waals surface area contributed by atoms with Gasteiger partial charge in [-0.2, -0.15) is 0 Å². The molecular weight excluding hydrogens is 260 g/mol. The largest absolute Gasteiger partial charge is 0.378 e. The second-order valence-electron chi connectivity index (χ2n) is 6.49. The van der Waals surface area contributed by atoms with Crippen molar-refractivity contribution in [1.82, 2.24) is 10.2 Å². The summed E-state index contributed by atoms with van der Waals surface area (Å²) in [6.07, 6.45) is 3.99. The summed E-state index contributed by atoms with van der Waals surface area (Å²) in [5, 5.41) is 3.74.